The Morgan fingerprint density at radius 2 is 1.81 bits per heavy atom. The van der Waals surface area contributed by atoms with Crippen molar-refractivity contribution in [2.45, 2.75) is 18.9 Å². The minimum Gasteiger partial charge on any atom is -0.388 e. The van der Waals surface area contributed by atoms with Crippen molar-refractivity contribution in [3.63, 3.8) is 0 Å². The summed E-state index contributed by atoms with van der Waals surface area (Å²) in [5, 5.41) is 13.7. The summed E-state index contributed by atoms with van der Waals surface area (Å²) in [4.78, 5) is 25.5. The van der Waals surface area contributed by atoms with E-state index >= 15 is 0 Å². The zero-order valence-electron chi connectivity index (χ0n) is 14.8. The maximum Gasteiger partial charge on any atom is 0.316 e. The van der Waals surface area contributed by atoms with Gasteiger partial charge in [0.15, 0.2) is 0 Å². The highest BCUT2D eigenvalue weighted by molar-refractivity contribution is 6.30. The van der Waals surface area contributed by atoms with Crippen molar-refractivity contribution >= 4 is 29.2 Å². The lowest BCUT2D eigenvalue weighted by molar-refractivity contribution is 0.0462. The van der Waals surface area contributed by atoms with Crippen molar-refractivity contribution in [1.29, 1.82) is 0 Å². The normalized spacial score (nSPS) is 16.0. The number of hydrogen-bond acceptors (Lipinski definition) is 3. The van der Waals surface area contributed by atoms with Gasteiger partial charge in [-0.1, -0.05) is 29.8 Å². The van der Waals surface area contributed by atoms with Crippen molar-refractivity contribution in [2.75, 3.05) is 18.4 Å². The molecule has 4 N–H and O–H groups in total. The maximum absolute atomic E-state index is 12.7. The number of aliphatic hydroxyl groups excluding tert-OH is 1. The molecule has 1 aliphatic heterocycles. The number of piperidine rings is 1. The van der Waals surface area contributed by atoms with E-state index in [0.717, 1.165) is 18.4 Å². The van der Waals surface area contributed by atoms with Gasteiger partial charge in [-0.2, -0.15) is 0 Å². The number of nitrogens with one attached hydrogen (secondary N) is 1. The van der Waals surface area contributed by atoms with Crippen LogP contribution in [-0.2, 0) is 0 Å². The Balaban J connectivity index is 1.61. The Labute approximate surface area is 162 Å². The average Bonchev–Trinajstić information content (AvgIpc) is 2.67. The van der Waals surface area contributed by atoms with E-state index in [2.05, 4.69) is 5.32 Å². The second-order valence-corrected chi connectivity index (χ2v) is 7.13. The fourth-order valence-electron chi connectivity index (χ4n) is 3.41. The summed E-state index contributed by atoms with van der Waals surface area (Å²) in [6.07, 6.45) is 0.867. The number of urea groups is 1. The number of rotatable bonds is 4. The van der Waals surface area contributed by atoms with Gasteiger partial charge in [0.1, 0.15) is 0 Å². The number of halogens is 1. The largest absolute Gasteiger partial charge is 0.388 e. The van der Waals surface area contributed by atoms with Gasteiger partial charge in [0.05, 0.1) is 6.10 Å². The van der Waals surface area contributed by atoms with Gasteiger partial charge >= 0.3 is 6.03 Å². The highest BCUT2D eigenvalue weighted by Gasteiger charge is 2.28. The van der Waals surface area contributed by atoms with Gasteiger partial charge in [-0.15, -0.1) is 0 Å². The van der Waals surface area contributed by atoms with Crippen LogP contribution in [0.2, 0.25) is 5.02 Å². The molecule has 1 unspecified atom stereocenters. The summed E-state index contributed by atoms with van der Waals surface area (Å²) >= 11 is 5.90. The summed E-state index contributed by atoms with van der Waals surface area (Å²) in [6.45, 7) is 1.14. The Morgan fingerprint density at radius 1 is 1.15 bits per heavy atom. The number of nitrogens with zero attached hydrogens (tertiary/aromatic N) is 1. The minimum absolute atomic E-state index is 0.0949. The molecule has 2 aromatic rings. The molecule has 27 heavy (non-hydrogen) atoms. The van der Waals surface area contributed by atoms with Crippen LogP contribution in [0.4, 0.5) is 10.5 Å². The number of anilines is 1. The highest BCUT2D eigenvalue weighted by Crippen LogP contribution is 2.31. The van der Waals surface area contributed by atoms with Crippen molar-refractivity contribution in [1.82, 2.24) is 4.90 Å². The molecule has 0 saturated carbocycles. The van der Waals surface area contributed by atoms with Gasteiger partial charge in [-0.25, -0.2) is 4.79 Å². The first kappa shape index (κ1) is 19.2. The molecule has 1 fully saturated rings. The summed E-state index contributed by atoms with van der Waals surface area (Å²) < 4.78 is 0. The average molecular weight is 388 g/mol. The molecular weight excluding hydrogens is 366 g/mol. The monoisotopic (exact) mass is 387 g/mol. The second-order valence-electron chi connectivity index (χ2n) is 6.70. The molecule has 1 atom stereocenters. The molecule has 1 saturated heterocycles. The number of carbonyl (C=O) groups is 2. The number of primary amides is 1. The van der Waals surface area contributed by atoms with Crippen LogP contribution in [0.3, 0.4) is 0 Å². The molecule has 0 aromatic heterocycles. The molecule has 2 aromatic carbocycles. The fourth-order valence-corrected chi connectivity index (χ4v) is 3.53. The fraction of sp³-hybridized carbons (Fsp3) is 0.300. The number of carbonyl (C=O) groups excluding carboxylic acids is 2. The lowest BCUT2D eigenvalue weighted by Gasteiger charge is -2.34. The molecule has 7 heteroatoms. The second kappa shape index (κ2) is 8.41. The Kier molecular flexibility index (Phi) is 5.98. The van der Waals surface area contributed by atoms with Gasteiger partial charge in [-0.05, 0) is 54.7 Å². The first-order valence-electron chi connectivity index (χ1n) is 8.83. The predicted octanol–water partition coefficient (Wildman–Crippen LogP) is 3.42. The molecule has 6 nitrogen and oxygen atoms in total. The lowest BCUT2D eigenvalue weighted by atomic mass is 9.87. The number of benzene rings is 2. The van der Waals surface area contributed by atoms with Crippen molar-refractivity contribution < 1.29 is 14.7 Å². The number of hydrogen-bond donors (Lipinski definition) is 3. The SMILES string of the molecule is NC(=O)Nc1cccc(C(=O)N2CCC(C(O)c3ccc(Cl)cc3)CC2)c1. The molecule has 0 radical (unpaired) electrons. The Bertz CT molecular complexity index is 817. The maximum atomic E-state index is 12.7. The van der Waals surface area contributed by atoms with Crippen molar-refractivity contribution in [3.8, 4) is 0 Å². The molecule has 3 rings (SSSR count). The van der Waals surface area contributed by atoms with Gasteiger partial charge in [0, 0.05) is 29.4 Å². The van der Waals surface area contributed by atoms with Crippen molar-refractivity contribution in [2.24, 2.45) is 11.7 Å². The van der Waals surface area contributed by atoms with Crippen LogP contribution in [0, 0.1) is 5.92 Å². The van der Waals surface area contributed by atoms with Crippen molar-refractivity contribution in [3.05, 3.63) is 64.7 Å². The third-order valence-corrected chi connectivity index (χ3v) is 5.11. The lowest BCUT2D eigenvalue weighted by Crippen LogP contribution is -2.39. The van der Waals surface area contributed by atoms with E-state index in [1.54, 1.807) is 41.3 Å². The van der Waals surface area contributed by atoms with Crippen LogP contribution in [0.25, 0.3) is 0 Å². The first-order chi connectivity index (χ1) is 12.9. The molecule has 1 heterocycles. The van der Waals surface area contributed by atoms with Crippen LogP contribution in [0.1, 0.15) is 34.9 Å². The molecule has 0 bridgehead atoms. The van der Waals surface area contributed by atoms with Gasteiger partial charge < -0.3 is 21.1 Å². The van der Waals surface area contributed by atoms with E-state index in [0.29, 0.717) is 29.4 Å². The topological polar surface area (TPSA) is 95.7 Å². The van der Waals surface area contributed by atoms with Crippen LogP contribution >= 0.6 is 11.6 Å². The third-order valence-electron chi connectivity index (χ3n) is 4.86. The number of amides is 3. The summed E-state index contributed by atoms with van der Waals surface area (Å²) in [6, 6.07) is 13.2. The van der Waals surface area contributed by atoms with Gasteiger partial charge in [-0.3, -0.25) is 4.79 Å². The zero-order valence-corrected chi connectivity index (χ0v) is 15.5. The van der Waals surface area contributed by atoms with E-state index in [1.165, 1.54) is 0 Å². The van der Waals surface area contributed by atoms with Gasteiger partial charge in [0.2, 0.25) is 0 Å². The molecule has 0 aliphatic carbocycles. The van der Waals surface area contributed by atoms with Crippen LogP contribution in [0.5, 0.6) is 0 Å². The van der Waals surface area contributed by atoms with E-state index in [-0.39, 0.29) is 11.8 Å². The van der Waals surface area contributed by atoms with Crippen LogP contribution < -0.4 is 11.1 Å². The quantitative estimate of drug-likeness (QED) is 0.750. The Morgan fingerprint density at radius 3 is 2.44 bits per heavy atom. The predicted molar refractivity (Wildman–Crippen MR) is 105 cm³/mol. The summed E-state index contributed by atoms with van der Waals surface area (Å²) in [5.74, 6) is 0.000594. The minimum atomic E-state index is -0.670. The molecule has 3 amide bonds. The highest BCUT2D eigenvalue weighted by atomic mass is 35.5. The molecule has 0 spiro atoms. The molecule has 1 aliphatic rings. The van der Waals surface area contributed by atoms with Gasteiger partial charge in [0.25, 0.3) is 5.91 Å². The third kappa shape index (κ3) is 4.78. The van der Waals surface area contributed by atoms with E-state index in [4.69, 9.17) is 17.3 Å². The summed E-state index contributed by atoms with van der Waals surface area (Å²) in [5.41, 5.74) is 6.94. The smallest absolute Gasteiger partial charge is 0.316 e. The number of likely N-dealkylation sites (tertiary alicyclic amines) is 1. The zero-order chi connectivity index (χ0) is 19.4. The molecule has 142 valence electrons. The van der Waals surface area contributed by atoms with E-state index in [1.807, 2.05) is 12.1 Å². The van der Waals surface area contributed by atoms with E-state index < -0.39 is 12.1 Å². The summed E-state index contributed by atoms with van der Waals surface area (Å²) in [7, 11) is 0. The number of aliphatic hydroxyl groups is 1. The van der Waals surface area contributed by atoms with E-state index in [9.17, 15) is 14.7 Å². The standard InChI is InChI=1S/C20H22ClN3O3/c21-16-6-4-13(5-7-16)18(25)14-8-10-24(11-9-14)19(26)15-2-1-3-17(12-15)23-20(22)27/h1-7,12,14,18,25H,8-11H2,(H3,22,23,27). The first-order valence-corrected chi connectivity index (χ1v) is 9.21. The number of nitrogens with two attached hydrogens (primary N) is 1. The Hall–Kier alpha value is -2.57. The molecular formula is C20H22ClN3O3. The van der Waals surface area contributed by atoms with Crippen LogP contribution in [0.15, 0.2) is 48.5 Å². The van der Waals surface area contributed by atoms with Crippen LogP contribution in [-0.4, -0.2) is 35.0 Å².